The van der Waals surface area contributed by atoms with Gasteiger partial charge in [-0.25, -0.2) is 4.39 Å². The second-order valence-corrected chi connectivity index (χ2v) is 4.10. The van der Waals surface area contributed by atoms with E-state index in [-0.39, 0.29) is 17.8 Å². The van der Waals surface area contributed by atoms with Gasteiger partial charge in [-0.2, -0.15) is 0 Å². The number of halogens is 1. The van der Waals surface area contributed by atoms with Crippen molar-refractivity contribution in [3.8, 4) is 0 Å². The molecule has 2 heteroatoms. The first-order valence-corrected chi connectivity index (χ1v) is 5.10. The molecule has 2 unspecified atom stereocenters. The topological polar surface area (TPSA) is 20.2 Å². The quantitative estimate of drug-likeness (QED) is 0.783. The van der Waals surface area contributed by atoms with E-state index in [0.29, 0.717) is 5.92 Å². The van der Waals surface area contributed by atoms with Crippen LogP contribution < -0.4 is 0 Å². The van der Waals surface area contributed by atoms with Gasteiger partial charge in [0.15, 0.2) is 0 Å². The zero-order valence-electron chi connectivity index (χ0n) is 8.33. The van der Waals surface area contributed by atoms with E-state index in [4.69, 9.17) is 5.11 Å². The fourth-order valence-electron chi connectivity index (χ4n) is 2.39. The fourth-order valence-corrected chi connectivity index (χ4v) is 2.39. The molecular formula is C12H15FO. The second kappa shape index (κ2) is 3.35. The summed E-state index contributed by atoms with van der Waals surface area (Å²) in [7, 11) is 0. The van der Waals surface area contributed by atoms with E-state index in [0.717, 1.165) is 12.8 Å². The van der Waals surface area contributed by atoms with Crippen molar-refractivity contribution < 1.29 is 9.50 Å². The van der Waals surface area contributed by atoms with Crippen molar-refractivity contribution in [2.45, 2.75) is 25.2 Å². The van der Waals surface area contributed by atoms with E-state index < -0.39 is 0 Å². The molecule has 1 aliphatic carbocycles. The molecule has 1 nitrogen and oxygen atoms in total. The Kier molecular flexibility index (Phi) is 2.31. The van der Waals surface area contributed by atoms with Crippen molar-refractivity contribution >= 4 is 0 Å². The third kappa shape index (κ3) is 1.34. The van der Waals surface area contributed by atoms with Crippen molar-refractivity contribution in [2.24, 2.45) is 5.92 Å². The number of benzene rings is 1. The number of rotatable bonds is 3. The summed E-state index contributed by atoms with van der Waals surface area (Å²) < 4.78 is 12.7. The molecule has 1 aromatic carbocycles. The SMILES string of the molecule is CCC1(c2ccc(F)cc2)CC1CO. The van der Waals surface area contributed by atoms with Gasteiger partial charge in [-0.15, -0.1) is 0 Å². The standard InChI is InChI=1S/C12H15FO/c1-2-12(7-10(12)8-14)9-3-5-11(13)6-4-9/h3-6,10,14H,2,7-8H2,1H3. The van der Waals surface area contributed by atoms with Gasteiger partial charge in [-0.3, -0.25) is 0 Å². The Labute approximate surface area is 83.6 Å². The summed E-state index contributed by atoms with van der Waals surface area (Å²) in [4.78, 5) is 0. The number of hydrogen-bond donors (Lipinski definition) is 1. The Balaban J connectivity index is 2.26. The van der Waals surface area contributed by atoms with Gasteiger partial charge >= 0.3 is 0 Å². The van der Waals surface area contributed by atoms with E-state index in [2.05, 4.69) is 6.92 Å². The molecule has 1 aromatic rings. The molecule has 0 aliphatic heterocycles. The van der Waals surface area contributed by atoms with Crippen LogP contribution in [-0.2, 0) is 5.41 Å². The fraction of sp³-hybridized carbons (Fsp3) is 0.500. The maximum absolute atomic E-state index is 12.7. The summed E-state index contributed by atoms with van der Waals surface area (Å²) in [5.74, 6) is 0.180. The molecule has 0 radical (unpaired) electrons. The lowest BCUT2D eigenvalue weighted by Crippen LogP contribution is -2.10. The lowest BCUT2D eigenvalue weighted by molar-refractivity contribution is 0.262. The van der Waals surface area contributed by atoms with Gasteiger partial charge in [0.2, 0.25) is 0 Å². The van der Waals surface area contributed by atoms with Crippen molar-refractivity contribution in [1.29, 1.82) is 0 Å². The molecule has 0 bridgehead atoms. The van der Waals surface area contributed by atoms with Crippen LogP contribution in [0.3, 0.4) is 0 Å². The van der Waals surface area contributed by atoms with Crippen LogP contribution in [0.1, 0.15) is 25.3 Å². The van der Waals surface area contributed by atoms with E-state index in [1.165, 1.54) is 17.7 Å². The highest BCUT2D eigenvalue weighted by Crippen LogP contribution is 2.56. The first-order valence-electron chi connectivity index (χ1n) is 5.10. The maximum atomic E-state index is 12.7. The lowest BCUT2D eigenvalue weighted by Gasteiger charge is -2.14. The first kappa shape index (κ1) is 9.66. The van der Waals surface area contributed by atoms with Crippen LogP contribution in [0.2, 0.25) is 0 Å². The smallest absolute Gasteiger partial charge is 0.123 e. The minimum Gasteiger partial charge on any atom is -0.396 e. The molecule has 0 saturated heterocycles. The highest BCUT2D eigenvalue weighted by Gasteiger charge is 2.52. The number of hydrogen-bond acceptors (Lipinski definition) is 1. The average molecular weight is 194 g/mol. The van der Waals surface area contributed by atoms with Crippen molar-refractivity contribution in [3.05, 3.63) is 35.6 Å². The van der Waals surface area contributed by atoms with Crippen LogP contribution in [0.4, 0.5) is 4.39 Å². The molecular weight excluding hydrogens is 179 g/mol. The monoisotopic (exact) mass is 194 g/mol. The van der Waals surface area contributed by atoms with Gasteiger partial charge in [-0.1, -0.05) is 19.1 Å². The Morgan fingerprint density at radius 2 is 2.07 bits per heavy atom. The summed E-state index contributed by atoms with van der Waals surface area (Å²) in [6, 6.07) is 6.68. The Morgan fingerprint density at radius 3 is 2.50 bits per heavy atom. The lowest BCUT2D eigenvalue weighted by atomic mass is 9.91. The van der Waals surface area contributed by atoms with E-state index in [1.807, 2.05) is 12.1 Å². The Morgan fingerprint density at radius 1 is 1.43 bits per heavy atom. The molecule has 0 aromatic heterocycles. The molecule has 0 amide bonds. The third-order valence-corrected chi connectivity index (χ3v) is 3.50. The van der Waals surface area contributed by atoms with Crippen LogP contribution in [0.15, 0.2) is 24.3 Å². The van der Waals surface area contributed by atoms with Gasteiger partial charge in [0, 0.05) is 12.0 Å². The molecule has 2 rings (SSSR count). The zero-order valence-corrected chi connectivity index (χ0v) is 8.33. The largest absolute Gasteiger partial charge is 0.396 e. The predicted molar refractivity (Wildman–Crippen MR) is 53.6 cm³/mol. The molecule has 0 heterocycles. The Hall–Kier alpha value is -0.890. The van der Waals surface area contributed by atoms with Crippen LogP contribution in [0, 0.1) is 11.7 Å². The summed E-state index contributed by atoms with van der Waals surface area (Å²) in [6.45, 7) is 2.37. The maximum Gasteiger partial charge on any atom is 0.123 e. The number of aliphatic hydroxyl groups is 1. The van der Waals surface area contributed by atoms with Crippen molar-refractivity contribution in [3.63, 3.8) is 0 Å². The van der Waals surface area contributed by atoms with Gasteiger partial charge in [0.25, 0.3) is 0 Å². The van der Waals surface area contributed by atoms with Gasteiger partial charge < -0.3 is 5.11 Å². The summed E-state index contributed by atoms with van der Waals surface area (Å²) in [5, 5.41) is 9.11. The van der Waals surface area contributed by atoms with Crippen LogP contribution in [0.25, 0.3) is 0 Å². The number of aliphatic hydroxyl groups excluding tert-OH is 1. The van der Waals surface area contributed by atoms with Crippen LogP contribution >= 0.6 is 0 Å². The summed E-state index contributed by atoms with van der Waals surface area (Å²) in [5.41, 5.74) is 1.29. The highest BCUT2D eigenvalue weighted by molar-refractivity contribution is 5.33. The molecule has 1 fully saturated rings. The van der Waals surface area contributed by atoms with Crippen molar-refractivity contribution in [1.82, 2.24) is 0 Å². The molecule has 1 N–H and O–H groups in total. The minimum atomic E-state index is -0.193. The molecule has 14 heavy (non-hydrogen) atoms. The van der Waals surface area contributed by atoms with Gasteiger partial charge in [0.1, 0.15) is 5.82 Å². The van der Waals surface area contributed by atoms with Gasteiger partial charge in [-0.05, 0) is 36.5 Å². The molecule has 1 aliphatic rings. The second-order valence-electron chi connectivity index (χ2n) is 4.10. The Bertz CT molecular complexity index is 320. The predicted octanol–water partition coefficient (Wildman–Crippen LogP) is 2.49. The highest BCUT2D eigenvalue weighted by atomic mass is 19.1. The normalized spacial score (nSPS) is 30.4. The van der Waals surface area contributed by atoms with E-state index >= 15 is 0 Å². The first-order chi connectivity index (χ1) is 6.73. The molecule has 1 saturated carbocycles. The minimum absolute atomic E-state index is 0.127. The summed E-state index contributed by atoms with van der Waals surface area (Å²) in [6.07, 6.45) is 2.05. The van der Waals surface area contributed by atoms with Crippen LogP contribution in [-0.4, -0.2) is 11.7 Å². The molecule has 2 atom stereocenters. The summed E-state index contributed by atoms with van der Waals surface area (Å²) >= 11 is 0. The van der Waals surface area contributed by atoms with E-state index in [1.54, 1.807) is 0 Å². The van der Waals surface area contributed by atoms with E-state index in [9.17, 15) is 4.39 Å². The average Bonchev–Trinajstić information content (AvgIpc) is 2.94. The van der Waals surface area contributed by atoms with Crippen LogP contribution in [0.5, 0.6) is 0 Å². The third-order valence-electron chi connectivity index (χ3n) is 3.50. The molecule has 0 spiro atoms. The van der Waals surface area contributed by atoms with Gasteiger partial charge in [0.05, 0.1) is 0 Å². The van der Waals surface area contributed by atoms with Crippen molar-refractivity contribution in [2.75, 3.05) is 6.61 Å². The zero-order chi connectivity index (χ0) is 10.2. The molecule has 76 valence electrons.